The van der Waals surface area contributed by atoms with Gasteiger partial charge >= 0.3 is 0 Å². The molecule has 0 amide bonds. The van der Waals surface area contributed by atoms with Gasteiger partial charge < -0.3 is 9.72 Å². The Labute approximate surface area is 190 Å². The molecule has 1 aliphatic heterocycles. The maximum Gasteiger partial charge on any atom is 0.210 e. The van der Waals surface area contributed by atoms with E-state index in [-0.39, 0.29) is 11.9 Å². The molecule has 0 aliphatic carbocycles. The van der Waals surface area contributed by atoms with Gasteiger partial charge in [0.1, 0.15) is 5.25 Å². The third kappa shape index (κ3) is 4.08. The number of thioether (sulfide) groups is 1. The van der Waals surface area contributed by atoms with E-state index in [4.69, 9.17) is 4.74 Å². The number of carbonyl (C=O) groups excluding carboxylic acids is 1. The number of aromatic nitrogens is 5. The number of tetrazole rings is 1. The van der Waals surface area contributed by atoms with E-state index >= 15 is 0 Å². The second-order valence-electron chi connectivity index (χ2n) is 7.95. The molecule has 2 atom stereocenters. The Morgan fingerprint density at radius 1 is 1.25 bits per heavy atom. The van der Waals surface area contributed by atoms with E-state index < -0.39 is 5.25 Å². The molecular weight excluding hydrogens is 422 g/mol. The van der Waals surface area contributed by atoms with Crippen LogP contribution in [-0.4, -0.2) is 43.7 Å². The highest BCUT2D eigenvalue weighted by molar-refractivity contribution is 8.00. The lowest BCUT2D eigenvalue weighted by atomic mass is 10.0. The Morgan fingerprint density at radius 2 is 2.12 bits per heavy atom. The predicted octanol–water partition coefficient (Wildman–Crippen LogP) is 4.61. The lowest BCUT2D eigenvalue weighted by molar-refractivity contribution is 0.0911. The minimum absolute atomic E-state index is 0.0346. The highest BCUT2D eigenvalue weighted by Gasteiger charge is 2.29. The Bertz CT molecular complexity index is 1210. The maximum atomic E-state index is 13.9. The minimum atomic E-state index is -0.463. The molecule has 32 heavy (non-hydrogen) atoms. The predicted molar refractivity (Wildman–Crippen MR) is 124 cm³/mol. The van der Waals surface area contributed by atoms with E-state index in [2.05, 4.69) is 33.5 Å². The number of nitrogens with one attached hydrogen (secondary N) is 1. The fourth-order valence-corrected chi connectivity index (χ4v) is 5.29. The zero-order valence-corrected chi connectivity index (χ0v) is 18.7. The van der Waals surface area contributed by atoms with E-state index in [0.29, 0.717) is 17.3 Å². The van der Waals surface area contributed by atoms with Gasteiger partial charge in [0.05, 0.1) is 12.6 Å². The van der Waals surface area contributed by atoms with Crippen LogP contribution in [0.5, 0.6) is 0 Å². The number of aromatic amines is 1. The summed E-state index contributed by atoms with van der Waals surface area (Å²) in [5.41, 5.74) is 3.84. The molecule has 0 spiro atoms. The Morgan fingerprint density at radius 3 is 2.91 bits per heavy atom. The van der Waals surface area contributed by atoms with Crippen LogP contribution in [0.4, 0.5) is 0 Å². The maximum absolute atomic E-state index is 13.9. The number of ketones is 1. The van der Waals surface area contributed by atoms with Gasteiger partial charge in [-0.2, -0.15) is 0 Å². The van der Waals surface area contributed by atoms with E-state index in [9.17, 15) is 4.79 Å². The SMILES string of the molecule is CCc1cccc2c(C(=O)[C@@H](Sc3nnnn3C[C@@H]3CCCO3)c3ccccc3)c[nH]c12. The number of para-hydroxylation sites is 1. The third-order valence-corrected chi connectivity index (χ3v) is 7.14. The zero-order valence-electron chi connectivity index (χ0n) is 17.9. The van der Waals surface area contributed by atoms with Gasteiger partial charge in [0.2, 0.25) is 5.16 Å². The average Bonchev–Trinajstić information content (AvgIpc) is 3.59. The normalized spacial score (nSPS) is 17.1. The van der Waals surface area contributed by atoms with Crippen molar-refractivity contribution in [3.05, 3.63) is 71.4 Å². The number of ether oxygens (including phenoxy) is 1. The van der Waals surface area contributed by atoms with Crippen molar-refractivity contribution in [2.45, 2.75) is 49.2 Å². The van der Waals surface area contributed by atoms with Gasteiger partial charge in [0, 0.05) is 29.3 Å². The van der Waals surface area contributed by atoms with E-state index in [1.807, 2.05) is 48.7 Å². The second kappa shape index (κ2) is 9.26. The summed E-state index contributed by atoms with van der Waals surface area (Å²) in [6, 6.07) is 15.9. The van der Waals surface area contributed by atoms with Gasteiger partial charge in [-0.1, -0.05) is 67.2 Å². The van der Waals surface area contributed by atoms with Crippen molar-refractivity contribution in [3.63, 3.8) is 0 Å². The molecule has 1 saturated heterocycles. The molecule has 2 aromatic heterocycles. The molecule has 0 unspecified atom stereocenters. The number of rotatable bonds is 8. The number of aryl methyl sites for hydroxylation is 1. The number of carbonyl (C=O) groups is 1. The summed E-state index contributed by atoms with van der Waals surface area (Å²) < 4.78 is 7.51. The molecule has 0 radical (unpaired) electrons. The van der Waals surface area contributed by atoms with Crippen LogP contribution < -0.4 is 0 Å². The van der Waals surface area contributed by atoms with Crippen molar-refractivity contribution >= 4 is 28.4 Å². The Hall–Kier alpha value is -2.97. The van der Waals surface area contributed by atoms with Crippen molar-refractivity contribution in [1.82, 2.24) is 25.2 Å². The van der Waals surface area contributed by atoms with Crippen molar-refractivity contribution in [1.29, 1.82) is 0 Å². The number of H-pyrrole nitrogens is 1. The van der Waals surface area contributed by atoms with Crippen LogP contribution in [-0.2, 0) is 17.7 Å². The van der Waals surface area contributed by atoms with Crippen molar-refractivity contribution < 1.29 is 9.53 Å². The van der Waals surface area contributed by atoms with Gasteiger partial charge in [-0.05, 0) is 40.8 Å². The summed E-state index contributed by atoms with van der Waals surface area (Å²) >= 11 is 1.39. The smallest absolute Gasteiger partial charge is 0.210 e. The van der Waals surface area contributed by atoms with E-state index in [1.54, 1.807) is 4.68 Å². The number of Topliss-reactive ketones (excluding diaryl/α,β-unsaturated/α-hetero) is 1. The first-order valence-electron chi connectivity index (χ1n) is 11.0. The van der Waals surface area contributed by atoms with Gasteiger partial charge in [-0.3, -0.25) is 4.79 Å². The lowest BCUT2D eigenvalue weighted by Gasteiger charge is -2.16. The molecule has 3 heterocycles. The summed E-state index contributed by atoms with van der Waals surface area (Å²) in [4.78, 5) is 17.2. The van der Waals surface area contributed by atoms with Gasteiger partial charge in [-0.15, -0.1) is 5.10 Å². The fraction of sp³-hybridized carbons (Fsp3) is 0.333. The number of fused-ring (bicyclic) bond motifs is 1. The molecule has 1 fully saturated rings. The number of hydrogen-bond donors (Lipinski definition) is 1. The van der Waals surface area contributed by atoms with Crippen molar-refractivity contribution in [3.8, 4) is 0 Å². The number of hydrogen-bond acceptors (Lipinski definition) is 6. The first-order chi connectivity index (χ1) is 15.7. The van der Waals surface area contributed by atoms with E-state index in [0.717, 1.165) is 42.3 Å². The Kier molecular flexibility index (Phi) is 6.05. The van der Waals surface area contributed by atoms with Crippen molar-refractivity contribution in [2.24, 2.45) is 0 Å². The fourth-order valence-electron chi connectivity index (χ4n) is 4.24. The minimum Gasteiger partial charge on any atom is -0.376 e. The largest absolute Gasteiger partial charge is 0.376 e. The van der Waals surface area contributed by atoms with Crippen LogP contribution in [0, 0.1) is 0 Å². The molecule has 164 valence electrons. The highest BCUT2D eigenvalue weighted by Crippen LogP contribution is 2.38. The molecule has 2 aromatic carbocycles. The van der Waals surface area contributed by atoms with Gasteiger partial charge in [0.15, 0.2) is 5.78 Å². The average molecular weight is 448 g/mol. The summed E-state index contributed by atoms with van der Waals surface area (Å²) in [7, 11) is 0. The van der Waals surface area contributed by atoms with Crippen LogP contribution in [0.2, 0.25) is 0 Å². The van der Waals surface area contributed by atoms with Gasteiger partial charge in [-0.25, -0.2) is 4.68 Å². The summed E-state index contributed by atoms with van der Waals surface area (Å²) in [6.07, 6.45) is 4.91. The quantitative estimate of drug-likeness (QED) is 0.314. The summed E-state index contributed by atoms with van der Waals surface area (Å²) in [6.45, 7) is 3.49. The highest BCUT2D eigenvalue weighted by atomic mass is 32.2. The number of benzene rings is 2. The van der Waals surface area contributed by atoms with Crippen LogP contribution in [0.1, 0.15) is 46.5 Å². The summed E-state index contributed by atoms with van der Waals surface area (Å²) in [5.74, 6) is 0.0346. The number of nitrogens with zero attached hydrogens (tertiary/aromatic N) is 4. The third-order valence-electron chi connectivity index (χ3n) is 5.91. The molecule has 8 heteroatoms. The van der Waals surface area contributed by atoms with Crippen LogP contribution in [0.25, 0.3) is 10.9 Å². The first-order valence-corrected chi connectivity index (χ1v) is 11.8. The molecule has 0 bridgehead atoms. The molecule has 0 saturated carbocycles. The molecular formula is C24H25N5O2S. The van der Waals surface area contributed by atoms with E-state index in [1.165, 1.54) is 17.3 Å². The molecule has 1 aliphatic rings. The monoisotopic (exact) mass is 447 g/mol. The van der Waals surface area contributed by atoms with Crippen LogP contribution >= 0.6 is 11.8 Å². The van der Waals surface area contributed by atoms with Crippen molar-refractivity contribution in [2.75, 3.05) is 6.61 Å². The van der Waals surface area contributed by atoms with Crippen LogP contribution in [0.15, 0.2) is 59.9 Å². The summed E-state index contributed by atoms with van der Waals surface area (Å²) in [5, 5.41) is 13.4. The van der Waals surface area contributed by atoms with Gasteiger partial charge in [0.25, 0.3) is 0 Å². The molecule has 7 nitrogen and oxygen atoms in total. The standard InChI is InChI=1S/C24H25N5O2S/c1-2-16-10-6-12-19-20(14-25-21(16)19)22(30)23(17-8-4-3-5-9-17)32-24-26-27-28-29(24)15-18-11-7-13-31-18/h3-6,8-10,12,14,18,23,25H,2,7,11,13,15H2,1H3/t18-,23-/m0/s1. The second-order valence-corrected chi connectivity index (χ2v) is 9.02. The van der Waals surface area contributed by atoms with Crippen LogP contribution in [0.3, 0.4) is 0 Å². The lowest BCUT2D eigenvalue weighted by Crippen LogP contribution is -2.18. The zero-order chi connectivity index (χ0) is 21.9. The molecule has 1 N–H and O–H groups in total. The first kappa shape index (κ1) is 20.9. The Balaban J connectivity index is 1.49. The molecule has 5 rings (SSSR count). The topological polar surface area (TPSA) is 85.7 Å². The molecule has 4 aromatic rings.